The van der Waals surface area contributed by atoms with E-state index in [1.54, 1.807) is 0 Å². The van der Waals surface area contributed by atoms with Gasteiger partial charge in [-0.2, -0.15) is 0 Å². The number of aromatic amines is 1. The van der Waals surface area contributed by atoms with E-state index in [4.69, 9.17) is 0 Å². The van der Waals surface area contributed by atoms with Gasteiger partial charge in [-0.05, 0) is 48.8 Å². The molecule has 2 nitrogen and oxygen atoms in total. The molecule has 0 spiro atoms. The van der Waals surface area contributed by atoms with Gasteiger partial charge in [0.05, 0.1) is 0 Å². The van der Waals surface area contributed by atoms with Crippen molar-refractivity contribution in [1.29, 1.82) is 0 Å². The molecule has 1 heterocycles. The van der Waals surface area contributed by atoms with Crippen molar-refractivity contribution in [3.63, 3.8) is 0 Å². The molecule has 2 aliphatic rings. The number of nitrogens with one attached hydrogen (secondary N) is 2. The minimum absolute atomic E-state index is 0.776. The van der Waals surface area contributed by atoms with E-state index in [0.717, 1.165) is 24.4 Å². The van der Waals surface area contributed by atoms with E-state index in [1.807, 2.05) is 6.20 Å². The van der Waals surface area contributed by atoms with Crippen LogP contribution in [-0.2, 0) is 6.54 Å². The summed E-state index contributed by atoms with van der Waals surface area (Å²) in [5, 5.41) is 5.17. The summed E-state index contributed by atoms with van der Waals surface area (Å²) in [6.45, 7) is 1.02. The summed E-state index contributed by atoms with van der Waals surface area (Å²) in [5.41, 5.74) is 2.68. The molecule has 18 heavy (non-hydrogen) atoms. The molecular formula is C16H20N2. The topological polar surface area (TPSA) is 27.8 Å². The minimum Gasteiger partial charge on any atom is -0.361 e. The van der Waals surface area contributed by atoms with E-state index < -0.39 is 0 Å². The van der Waals surface area contributed by atoms with Crippen molar-refractivity contribution in [2.24, 2.45) is 11.8 Å². The van der Waals surface area contributed by atoms with E-state index in [0.29, 0.717) is 0 Å². The Hall–Kier alpha value is -1.28. The summed E-state index contributed by atoms with van der Waals surface area (Å²) in [5.74, 6) is 1.98. The smallest absolute Gasteiger partial charge is 0.0457 e. The first kappa shape index (κ1) is 10.6. The van der Waals surface area contributed by atoms with Crippen molar-refractivity contribution in [2.75, 3.05) is 0 Å². The van der Waals surface area contributed by atoms with Gasteiger partial charge < -0.3 is 10.3 Å². The van der Waals surface area contributed by atoms with Crippen LogP contribution in [-0.4, -0.2) is 11.0 Å². The van der Waals surface area contributed by atoms with E-state index in [9.17, 15) is 0 Å². The first-order valence-electron chi connectivity index (χ1n) is 7.18. The molecule has 0 radical (unpaired) electrons. The molecule has 94 valence electrons. The van der Waals surface area contributed by atoms with Gasteiger partial charge in [0.2, 0.25) is 0 Å². The lowest BCUT2D eigenvalue weighted by atomic mass is 9.95. The average molecular weight is 240 g/mol. The molecule has 1 aromatic carbocycles. The molecule has 3 unspecified atom stereocenters. The SMILES string of the molecule is c1cc(CNC2CC3CCC2C3)c2cc[nH]c2c1. The lowest BCUT2D eigenvalue weighted by Crippen LogP contribution is -2.33. The summed E-state index contributed by atoms with van der Waals surface area (Å²) in [7, 11) is 0. The quantitative estimate of drug-likeness (QED) is 0.845. The average Bonchev–Trinajstić information content (AvgIpc) is 3.11. The molecule has 3 atom stereocenters. The second kappa shape index (κ2) is 4.13. The Kier molecular flexibility index (Phi) is 2.44. The maximum absolute atomic E-state index is 3.80. The largest absolute Gasteiger partial charge is 0.361 e. The van der Waals surface area contributed by atoms with Crippen molar-refractivity contribution < 1.29 is 0 Å². The standard InChI is InChI=1S/C16H20N2/c1-2-13(14-6-7-17-15(14)3-1)10-18-16-9-11-4-5-12(16)8-11/h1-3,6-7,11-12,16-18H,4-5,8-10H2. The highest BCUT2D eigenvalue weighted by Gasteiger charge is 2.38. The summed E-state index contributed by atoms with van der Waals surface area (Å²) in [6, 6.07) is 9.51. The third-order valence-electron chi connectivity index (χ3n) is 4.98. The third kappa shape index (κ3) is 1.67. The van der Waals surface area contributed by atoms with Gasteiger partial charge in [-0.15, -0.1) is 0 Å². The van der Waals surface area contributed by atoms with Gasteiger partial charge in [-0.1, -0.05) is 18.6 Å². The maximum atomic E-state index is 3.80. The van der Waals surface area contributed by atoms with Crippen LogP contribution in [0.15, 0.2) is 30.5 Å². The summed E-state index contributed by atoms with van der Waals surface area (Å²) in [6.07, 6.45) is 7.86. The molecular weight excluding hydrogens is 220 g/mol. The second-order valence-corrected chi connectivity index (χ2v) is 6.02. The molecule has 2 aliphatic carbocycles. The van der Waals surface area contributed by atoms with E-state index in [1.165, 1.54) is 42.1 Å². The number of H-pyrrole nitrogens is 1. The van der Waals surface area contributed by atoms with Crippen LogP contribution in [0, 0.1) is 11.8 Å². The monoisotopic (exact) mass is 240 g/mol. The zero-order valence-electron chi connectivity index (χ0n) is 10.7. The van der Waals surface area contributed by atoms with Crippen molar-refractivity contribution in [2.45, 2.75) is 38.3 Å². The number of hydrogen-bond acceptors (Lipinski definition) is 1. The summed E-state index contributed by atoms with van der Waals surface area (Å²) >= 11 is 0. The predicted molar refractivity (Wildman–Crippen MR) is 74.4 cm³/mol. The number of benzene rings is 1. The van der Waals surface area contributed by atoms with Gasteiger partial charge in [-0.25, -0.2) is 0 Å². The second-order valence-electron chi connectivity index (χ2n) is 6.02. The van der Waals surface area contributed by atoms with E-state index in [2.05, 4.69) is 34.6 Å². The van der Waals surface area contributed by atoms with E-state index in [-0.39, 0.29) is 0 Å². The maximum Gasteiger partial charge on any atom is 0.0457 e. The van der Waals surface area contributed by atoms with Gasteiger partial charge in [0, 0.05) is 29.7 Å². The molecule has 4 rings (SSSR count). The Labute approximate surface area is 108 Å². The summed E-state index contributed by atoms with van der Waals surface area (Å²) in [4.78, 5) is 3.29. The molecule has 2 fully saturated rings. The highest BCUT2D eigenvalue weighted by Crippen LogP contribution is 2.44. The Bertz CT molecular complexity index is 557. The van der Waals surface area contributed by atoms with Crippen LogP contribution in [0.2, 0.25) is 0 Å². The number of aromatic nitrogens is 1. The fourth-order valence-corrected chi connectivity index (χ4v) is 4.04. The first-order chi connectivity index (χ1) is 8.90. The van der Waals surface area contributed by atoms with Crippen LogP contribution in [0.3, 0.4) is 0 Å². The molecule has 0 amide bonds. The van der Waals surface area contributed by atoms with Gasteiger partial charge in [0.15, 0.2) is 0 Å². The Balaban J connectivity index is 1.50. The number of rotatable bonds is 3. The molecule has 2 N–H and O–H groups in total. The lowest BCUT2D eigenvalue weighted by Gasteiger charge is -2.23. The van der Waals surface area contributed by atoms with Crippen molar-refractivity contribution in [1.82, 2.24) is 10.3 Å². The highest BCUT2D eigenvalue weighted by molar-refractivity contribution is 5.82. The number of hydrogen-bond donors (Lipinski definition) is 2. The molecule has 1 aromatic heterocycles. The van der Waals surface area contributed by atoms with Crippen LogP contribution in [0.25, 0.3) is 10.9 Å². The molecule has 2 bridgehead atoms. The highest BCUT2D eigenvalue weighted by atomic mass is 14.9. The minimum atomic E-state index is 0.776. The normalized spacial score (nSPS) is 30.3. The van der Waals surface area contributed by atoms with Crippen molar-refractivity contribution >= 4 is 10.9 Å². The fourth-order valence-electron chi connectivity index (χ4n) is 4.04. The lowest BCUT2D eigenvalue weighted by molar-refractivity contribution is 0.351. The van der Waals surface area contributed by atoms with Crippen molar-refractivity contribution in [3.05, 3.63) is 36.0 Å². The van der Waals surface area contributed by atoms with Gasteiger partial charge in [0.1, 0.15) is 0 Å². The Morgan fingerprint density at radius 2 is 2.17 bits per heavy atom. The van der Waals surface area contributed by atoms with Crippen LogP contribution < -0.4 is 5.32 Å². The number of fused-ring (bicyclic) bond motifs is 3. The van der Waals surface area contributed by atoms with Crippen molar-refractivity contribution in [3.8, 4) is 0 Å². The predicted octanol–water partition coefficient (Wildman–Crippen LogP) is 3.45. The third-order valence-corrected chi connectivity index (χ3v) is 4.98. The molecule has 2 heteroatoms. The molecule has 0 saturated heterocycles. The van der Waals surface area contributed by atoms with E-state index >= 15 is 0 Å². The van der Waals surface area contributed by atoms with Crippen LogP contribution in [0.1, 0.15) is 31.2 Å². The van der Waals surface area contributed by atoms with Gasteiger partial charge in [0.25, 0.3) is 0 Å². The van der Waals surface area contributed by atoms with Crippen LogP contribution >= 0.6 is 0 Å². The summed E-state index contributed by atoms with van der Waals surface area (Å²) < 4.78 is 0. The molecule has 2 saturated carbocycles. The molecule has 2 aromatic rings. The molecule has 0 aliphatic heterocycles. The fraction of sp³-hybridized carbons (Fsp3) is 0.500. The Morgan fingerprint density at radius 3 is 3.00 bits per heavy atom. The zero-order chi connectivity index (χ0) is 11.9. The van der Waals surface area contributed by atoms with Crippen LogP contribution in [0.5, 0.6) is 0 Å². The van der Waals surface area contributed by atoms with Gasteiger partial charge >= 0.3 is 0 Å². The van der Waals surface area contributed by atoms with Crippen LogP contribution in [0.4, 0.5) is 0 Å². The first-order valence-corrected chi connectivity index (χ1v) is 7.18. The zero-order valence-corrected chi connectivity index (χ0v) is 10.7. The van der Waals surface area contributed by atoms with Gasteiger partial charge in [-0.3, -0.25) is 0 Å². The Morgan fingerprint density at radius 1 is 1.17 bits per heavy atom.